The zero-order valence-electron chi connectivity index (χ0n) is 12.6. The minimum absolute atomic E-state index is 0. The van der Waals surface area contributed by atoms with Gasteiger partial charge in [0, 0.05) is 44.8 Å². The molecule has 1 aliphatic carbocycles. The first-order valence-corrected chi connectivity index (χ1v) is 6.62. The van der Waals surface area contributed by atoms with E-state index in [1.165, 1.54) is 57.8 Å². The average Bonchev–Trinajstić information content (AvgIpc) is 2.20. The van der Waals surface area contributed by atoms with Crippen molar-refractivity contribution in [2.24, 2.45) is 0 Å². The molecule has 1 radical (unpaired) electrons. The minimum Gasteiger partial charge on any atom is -0.358 e. The smallest absolute Gasteiger partial charge is 0.00696 e. The van der Waals surface area contributed by atoms with Crippen LogP contribution in [0.5, 0.6) is 0 Å². The first-order chi connectivity index (χ1) is 6.86. The van der Waals surface area contributed by atoms with E-state index in [-0.39, 0.29) is 47.6 Å². The molecule has 0 aromatic heterocycles. The Labute approximate surface area is 136 Å². The summed E-state index contributed by atoms with van der Waals surface area (Å²) in [5, 5.41) is 3.86. The largest absolute Gasteiger partial charge is 0.358 e. The summed E-state index contributed by atoms with van der Waals surface area (Å²) in [6, 6.07) is 1.64. The van der Waals surface area contributed by atoms with Crippen LogP contribution < -0.4 is 5.32 Å². The van der Waals surface area contributed by atoms with E-state index < -0.39 is 0 Å². The van der Waals surface area contributed by atoms with E-state index in [4.69, 9.17) is 0 Å². The second kappa shape index (κ2) is 15.1. The molecule has 2 heteroatoms. The summed E-state index contributed by atoms with van der Waals surface area (Å²) < 4.78 is 0. The molecule has 1 nitrogen and oxygen atoms in total. The standard InChI is InChI=1S/C13H27N.2CH3.Y/c1-3-8-12(9-4-2)14-13-10-6-5-7-11-13;;;/h12-14H,3-11H2,1-2H3;2*1H3;/q;2*-1;. The summed E-state index contributed by atoms with van der Waals surface area (Å²) in [6.45, 7) is 4.59. The Balaban J connectivity index is -0.000000653. The second-order valence-electron chi connectivity index (χ2n) is 4.78. The Kier molecular flexibility index (Phi) is 20.6. The molecular weight excluding hydrogens is 283 g/mol. The molecule has 0 aromatic rings. The molecule has 0 aliphatic heterocycles. The molecule has 103 valence electrons. The third kappa shape index (κ3) is 10.7. The van der Waals surface area contributed by atoms with Gasteiger partial charge in [0.05, 0.1) is 0 Å². The molecule has 1 N–H and O–H groups in total. The molecule has 17 heavy (non-hydrogen) atoms. The van der Waals surface area contributed by atoms with Crippen molar-refractivity contribution in [2.75, 3.05) is 0 Å². The summed E-state index contributed by atoms with van der Waals surface area (Å²) in [7, 11) is 0. The molecule has 0 amide bonds. The van der Waals surface area contributed by atoms with Gasteiger partial charge in [-0.15, -0.1) is 0 Å². The summed E-state index contributed by atoms with van der Waals surface area (Å²) in [6.07, 6.45) is 12.6. The fraction of sp³-hybridized carbons (Fsp3) is 0.867. The van der Waals surface area contributed by atoms with Crippen molar-refractivity contribution in [2.45, 2.75) is 83.7 Å². The van der Waals surface area contributed by atoms with Crippen LogP contribution in [-0.4, -0.2) is 12.1 Å². The number of hydrogen-bond acceptors (Lipinski definition) is 1. The van der Waals surface area contributed by atoms with Crippen LogP contribution in [-0.2, 0) is 32.7 Å². The van der Waals surface area contributed by atoms with Crippen LogP contribution in [0.2, 0.25) is 0 Å². The van der Waals surface area contributed by atoms with Crippen molar-refractivity contribution in [1.29, 1.82) is 0 Å². The third-order valence-electron chi connectivity index (χ3n) is 3.35. The van der Waals surface area contributed by atoms with Gasteiger partial charge in [-0.2, -0.15) is 0 Å². The molecule has 0 atom stereocenters. The first kappa shape index (κ1) is 23.2. The second-order valence-corrected chi connectivity index (χ2v) is 4.78. The van der Waals surface area contributed by atoms with Crippen LogP contribution in [0.3, 0.4) is 0 Å². The third-order valence-corrected chi connectivity index (χ3v) is 3.35. The molecule has 0 spiro atoms. The first-order valence-electron chi connectivity index (χ1n) is 6.62. The van der Waals surface area contributed by atoms with Gasteiger partial charge in [0.1, 0.15) is 0 Å². The molecule has 1 rings (SSSR count). The average molecular weight is 316 g/mol. The van der Waals surface area contributed by atoms with Crippen molar-refractivity contribution in [3.63, 3.8) is 0 Å². The van der Waals surface area contributed by atoms with Crippen LogP contribution >= 0.6 is 0 Å². The van der Waals surface area contributed by atoms with Crippen LogP contribution in [0, 0.1) is 14.9 Å². The molecule has 1 aliphatic rings. The summed E-state index contributed by atoms with van der Waals surface area (Å²) in [5.41, 5.74) is 0. The van der Waals surface area contributed by atoms with Gasteiger partial charge >= 0.3 is 0 Å². The van der Waals surface area contributed by atoms with Crippen LogP contribution in [0.15, 0.2) is 0 Å². The Morgan fingerprint density at radius 2 is 1.41 bits per heavy atom. The monoisotopic (exact) mass is 316 g/mol. The maximum atomic E-state index is 3.86. The van der Waals surface area contributed by atoms with E-state index in [9.17, 15) is 0 Å². The van der Waals surface area contributed by atoms with Gasteiger partial charge < -0.3 is 20.2 Å². The Hall–Kier alpha value is 1.06. The van der Waals surface area contributed by atoms with Gasteiger partial charge in [-0.25, -0.2) is 0 Å². The van der Waals surface area contributed by atoms with Crippen LogP contribution in [0.1, 0.15) is 71.6 Å². The van der Waals surface area contributed by atoms with Gasteiger partial charge in [-0.3, -0.25) is 0 Å². The molecule has 1 saturated carbocycles. The molecule has 1 fully saturated rings. The molecule has 0 unspecified atom stereocenters. The summed E-state index contributed by atoms with van der Waals surface area (Å²) in [5.74, 6) is 0. The molecule has 0 aromatic carbocycles. The molecule has 0 saturated heterocycles. The van der Waals surface area contributed by atoms with Crippen molar-refractivity contribution < 1.29 is 32.7 Å². The van der Waals surface area contributed by atoms with Gasteiger partial charge in [0.25, 0.3) is 0 Å². The predicted molar refractivity (Wildman–Crippen MR) is 76.4 cm³/mol. The van der Waals surface area contributed by atoms with Crippen molar-refractivity contribution in [3.05, 3.63) is 14.9 Å². The zero-order valence-corrected chi connectivity index (χ0v) is 15.4. The van der Waals surface area contributed by atoms with E-state index in [0.29, 0.717) is 0 Å². The van der Waals surface area contributed by atoms with Gasteiger partial charge in [-0.1, -0.05) is 46.0 Å². The van der Waals surface area contributed by atoms with Gasteiger partial charge in [0.2, 0.25) is 0 Å². The van der Waals surface area contributed by atoms with E-state index in [0.717, 1.165) is 12.1 Å². The molecular formula is C15H33NY-2. The normalized spacial score (nSPS) is 15.7. The van der Waals surface area contributed by atoms with Crippen molar-refractivity contribution in [3.8, 4) is 0 Å². The Morgan fingerprint density at radius 1 is 0.941 bits per heavy atom. The van der Waals surface area contributed by atoms with Crippen LogP contribution in [0.4, 0.5) is 0 Å². The maximum Gasteiger partial charge on any atom is 0.00696 e. The van der Waals surface area contributed by atoms with Gasteiger partial charge in [-0.05, 0) is 25.7 Å². The molecule has 0 heterocycles. The van der Waals surface area contributed by atoms with Crippen molar-refractivity contribution in [1.82, 2.24) is 5.32 Å². The van der Waals surface area contributed by atoms with Gasteiger partial charge in [0.15, 0.2) is 0 Å². The van der Waals surface area contributed by atoms with Crippen LogP contribution in [0.25, 0.3) is 0 Å². The van der Waals surface area contributed by atoms with Crippen molar-refractivity contribution >= 4 is 0 Å². The Morgan fingerprint density at radius 3 is 1.82 bits per heavy atom. The zero-order chi connectivity index (χ0) is 10.2. The predicted octanol–water partition coefficient (Wildman–Crippen LogP) is 4.78. The number of hydrogen-bond donors (Lipinski definition) is 1. The Bertz CT molecular complexity index is 127. The quantitative estimate of drug-likeness (QED) is 0.696. The summed E-state index contributed by atoms with van der Waals surface area (Å²) >= 11 is 0. The van der Waals surface area contributed by atoms with E-state index in [1.807, 2.05) is 0 Å². The van der Waals surface area contributed by atoms with E-state index in [2.05, 4.69) is 19.2 Å². The number of rotatable bonds is 6. The fourth-order valence-corrected chi connectivity index (χ4v) is 2.61. The summed E-state index contributed by atoms with van der Waals surface area (Å²) in [4.78, 5) is 0. The molecule has 0 bridgehead atoms. The topological polar surface area (TPSA) is 12.0 Å². The maximum absolute atomic E-state index is 3.86. The van der Waals surface area contributed by atoms with E-state index >= 15 is 0 Å². The fourth-order valence-electron chi connectivity index (χ4n) is 2.61. The van der Waals surface area contributed by atoms with E-state index in [1.54, 1.807) is 0 Å². The number of nitrogens with one attached hydrogen (secondary N) is 1. The minimum atomic E-state index is 0. The SMILES string of the molecule is CCCC(CCC)NC1CCCCC1.[CH3-].[CH3-].[Y].